The van der Waals surface area contributed by atoms with Crippen molar-refractivity contribution in [1.82, 2.24) is 0 Å². The molecule has 23 heavy (non-hydrogen) atoms. The van der Waals surface area contributed by atoms with Gasteiger partial charge in [-0.3, -0.25) is 10.1 Å². The van der Waals surface area contributed by atoms with Crippen molar-refractivity contribution in [2.75, 3.05) is 0 Å². The summed E-state index contributed by atoms with van der Waals surface area (Å²) in [4.78, 5) is 9.85. The number of nitro groups is 1. The Morgan fingerprint density at radius 3 is 2.39 bits per heavy atom. The van der Waals surface area contributed by atoms with Crippen LogP contribution in [0.4, 0.5) is 0 Å². The minimum Gasteiger partial charge on any atom is -0.486 e. The van der Waals surface area contributed by atoms with Crippen LogP contribution in [-0.4, -0.2) is 4.92 Å². The molecule has 0 heterocycles. The van der Waals surface area contributed by atoms with Crippen LogP contribution in [0.25, 0.3) is 6.08 Å². The van der Waals surface area contributed by atoms with Crippen LogP contribution < -0.4 is 4.74 Å². The van der Waals surface area contributed by atoms with Gasteiger partial charge in [-0.05, 0) is 61.7 Å². The molecule has 0 saturated heterocycles. The van der Waals surface area contributed by atoms with Crippen molar-refractivity contribution < 1.29 is 9.66 Å². The van der Waals surface area contributed by atoms with Gasteiger partial charge >= 0.3 is 0 Å². The fourth-order valence-corrected chi connectivity index (χ4v) is 3.66. The summed E-state index contributed by atoms with van der Waals surface area (Å²) in [5.74, 6) is 0.578. The van der Waals surface area contributed by atoms with E-state index < -0.39 is 4.92 Å². The van der Waals surface area contributed by atoms with Crippen LogP contribution in [0.5, 0.6) is 5.75 Å². The zero-order valence-electron chi connectivity index (χ0n) is 11.4. The molecular weight excluding hydrogens is 473 g/mol. The highest BCUT2D eigenvalue weighted by Crippen LogP contribution is 2.36. The molecule has 0 atom stereocenters. The largest absolute Gasteiger partial charge is 0.486 e. The molecule has 8 heteroatoms. The van der Waals surface area contributed by atoms with Gasteiger partial charge in [0.05, 0.1) is 13.9 Å². The fourth-order valence-electron chi connectivity index (χ4n) is 1.75. The van der Waals surface area contributed by atoms with Crippen molar-refractivity contribution in [3.05, 3.63) is 76.8 Å². The van der Waals surface area contributed by atoms with Gasteiger partial charge in [0.25, 0.3) is 0 Å². The topological polar surface area (TPSA) is 52.4 Å². The van der Waals surface area contributed by atoms with Crippen molar-refractivity contribution in [1.29, 1.82) is 0 Å². The number of hydrogen-bond donors (Lipinski definition) is 0. The van der Waals surface area contributed by atoms with E-state index in [4.69, 9.17) is 27.9 Å². The number of benzene rings is 2. The van der Waals surface area contributed by atoms with Gasteiger partial charge < -0.3 is 4.74 Å². The zero-order chi connectivity index (χ0) is 17.0. The lowest BCUT2D eigenvalue weighted by molar-refractivity contribution is -0.400. The molecule has 0 aliphatic carbocycles. The van der Waals surface area contributed by atoms with Crippen molar-refractivity contribution in [2.45, 2.75) is 6.61 Å². The molecule has 0 aromatic heterocycles. The summed E-state index contributed by atoms with van der Waals surface area (Å²) in [5.41, 5.74) is 1.46. The monoisotopic (exact) mass is 479 g/mol. The van der Waals surface area contributed by atoms with Crippen molar-refractivity contribution in [2.24, 2.45) is 0 Å². The Kier molecular flexibility index (Phi) is 6.47. The van der Waals surface area contributed by atoms with E-state index in [9.17, 15) is 10.1 Å². The summed E-state index contributed by atoms with van der Waals surface area (Å²) in [5, 5.41) is 11.5. The van der Waals surface area contributed by atoms with E-state index in [-0.39, 0.29) is 6.61 Å². The molecule has 0 spiro atoms. The maximum absolute atomic E-state index is 10.4. The number of halogens is 4. The van der Waals surface area contributed by atoms with E-state index in [0.717, 1.165) is 11.8 Å². The van der Waals surface area contributed by atoms with Gasteiger partial charge in [0.1, 0.15) is 12.4 Å². The average molecular weight is 482 g/mol. The van der Waals surface area contributed by atoms with E-state index in [1.807, 2.05) is 0 Å². The quantitative estimate of drug-likeness (QED) is 0.369. The molecule has 2 rings (SSSR count). The van der Waals surface area contributed by atoms with Gasteiger partial charge in [-0.1, -0.05) is 29.3 Å². The van der Waals surface area contributed by atoms with E-state index in [0.29, 0.717) is 30.3 Å². The lowest BCUT2D eigenvalue weighted by atomic mass is 10.2. The zero-order valence-corrected chi connectivity index (χ0v) is 16.1. The standard InChI is InChI=1S/C15H9Br2Cl2NO3/c16-12-5-9(3-4-20(21)22)6-13(17)15(12)23-8-10-1-2-11(18)7-14(10)19/h1-7H,8H2/b4-3-. The lowest BCUT2D eigenvalue weighted by Gasteiger charge is -2.12. The molecule has 0 saturated carbocycles. The SMILES string of the molecule is O=[N+]([O-])/C=C\c1cc(Br)c(OCc2ccc(Cl)cc2Cl)c(Br)c1. The van der Waals surface area contributed by atoms with Crippen molar-refractivity contribution in [3.8, 4) is 5.75 Å². The molecule has 0 fully saturated rings. The first-order chi connectivity index (χ1) is 10.9. The van der Waals surface area contributed by atoms with Crippen LogP contribution in [0.1, 0.15) is 11.1 Å². The third-order valence-electron chi connectivity index (χ3n) is 2.80. The summed E-state index contributed by atoms with van der Waals surface area (Å²) >= 11 is 18.8. The molecule has 120 valence electrons. The maximum atomic E-state index is 10.4. The minimum absolute atomic E-state index is 0.261. The Hall–Kier alpha value is -1.08. The molecule has 2 aromatic carbocycles. The third kappa shape index (κ3) is 5.21. The Morgan fingerprint density at radius 2 is 1.83 bits per heavy atom. The predicted octanol–water partition coefficient (Wildman–Crippen LogP) is 6.34. The van der Waals surface area contributed by atoms with E-state index in [2.05, 4.69) is 31.9 Å². The second-order valence-electron chi connectivity index (χ2n) is 4.44. The van der Waals surface area contributed by atoms with Gasteiger partial charge in [0.2, 0.25) is 6.20 Å². The number of nitrogens with zero attached hydrogens (tertiary/aromatic N) is 1. The van der Waals surface area contributed by atoms with E-state index in [1.54, 1.807) is 30.3 Å². The smallest absolute Gasteiger partial charge is 0.235 e. The first kappa shape index (κ1) is 18.3. The summed E-state index contributed by atoms with van der Waals surface area (Å²) in [6, 6.07) is 8.63. The Labute approximate surface area is 159 Å². The van der Waals surface area contributed by atoms with E-state index >= 15 is 0 Å². The van der Waals surface area contributed by atoms with E-state index in [1.165, 1.54) is 6.08 Å². The van der Waals surface area contributed by atoms with Crippen LogP contribution in [0.15, 0.2) is 45.5 Å². The van der Waals surface area contributed by atoms with Crippen molar-refractivity contribution >= 4 is 61.1 Å². The van der Waals surface area contributed by atoms with Crippen LogP contribution in [-0.2, 0) is 6.61 Å². The lowest BCUT2D eigenvalue weighted by Crippen LogP contribution is -1.98. The van der Waals surface area contributed by atoms with Crippen LogP contribution >= 0.6 is 55.1 Å². The normalized spacial score (nSPS) is 11.0. The second kappa shape index (κ2) is 8.15. The molecule has 0 N–H and O–H groups in total. The van der Waals surface area contributed by atoms with Crippen LogP contribution in [0.2, 0.25) is 10.0 Å². The molecule has 0 radical (unpaired) electrons. The number of rotatable bonds is 5. The number of ether oxygens (including phenoxy) is 1. The molecular formula is C15H9Br2Cl2NO3. The molecule has 0 bridgehead atoms. The first-order valence-electron chi connectivity index (χ1n) is 6.24. The molecule has 0 aliphatic rings. The van der Waals surface area contributed by atoms with Gasteiger partial charge in [0, 0.05) is 21.7 Å². The maximum Gasteiger partial charge on any atom is 0.235 e. The Balaban J connectivity index is 2.18. The molecule has 0 unspecified atom stereocenters. The molecule has 2 aromatic rings. The summed E-state index contributed by atoms with van der Waals surface area (Å²) in [6.07, 6.45) is 2.28. The summed E-state index contributed by atoms with van der Waals surface area (Å²) < 4.78 is 7.11. The Morgan fingerprint density at radius 1 is 1.17 bits per heavy atom. The predicted molar refractivity (Wildman–Crippen MR) is 98.7 cm³/mol. The molecule has 4 nitrogen and oxygen atoms in total. The van der Waals surface area contributed by atoms with Crippen LogP contribution in [0.3, 0.4) is 0 Å². The number of hydrogen-bond acceptors (Lipinski definition) is 3. The first-order valence-corrected chi connectivity index (χ1v) is 8.58. The minimum atomic E-state index is -0.519. The highest BCUT2D eigenvalue weighted by molar-refractivity contribution is 9.11. The van der Waals surface area contributed by atoms with Gasteiger partial charge in [-0.2, -0.15) is 0 Å². The highest BCUT2D eigenvalue weighted by Gasteiger charge is 2.10. The highest BCUT2D eigenvalue weighted by atomic mass is 79.9. The third-order valence-corrected chi connectivity index (χ3v) is 4.56. The molecule has 0 aliphatic heterocycles. The van der Waals surface area contributed by atoms with Gasteiger partial charge in [-0.15, -0.1) is 0 Å². The van der Waals surface area contributed by atoms with Crippen LogP contribution in [0, 0.1) is 10.1 Å². The van der Waals surface area contributed by atoms with Crippen molar-refractivity contribution in [3.63, 3.8) is 0 Å². The second-order valence-corrected chi connectivity index (χ2v) is 6.99. The Bertz CT molecular complexity index is 758. The average Bonchev–Trinajstić information content (AvgIpc) is 2.46. The fraction of sp³-hybridized carbons (Fsp3) is 0.0667. The summed E-state index contributed by atoms with van der Waals surface area (Å²) in [7, 11) is 0. The molecule has 0 amide bonds. The summed E-state index contributed by atoms with van der Waals surface area (Å²) in [6.45, 7) is 0.261. The van der Waals surface area contributed by atoms with Gasteiger partial charge in [0.15, 0.2) is 0 Å². The van der Waals surface area contributed by atoms with Gasteiger partial charge in [-0.25, -0.2) is 0 Å².